The van der Waals surface area contributed by atoms with Crippen molar-refractivity contribution in [3.8, 4) is 5.75 Å². The highest BCUT2D eigenvalue weighted by Gasteiger charge is 2.31. The highest BCUT2D eigenvalue weighted by molar-refractivity contribution is 5.39. The summed E-state index contributed by atoms with van der Waals surface area (Å²) in [6, 6.07) is 7.05. The quantitative estimate of drug-likeness (QED) is 0.846. The van der Waals surface area contributed by atoms with Crippen LogP contribution in [-0.4, -0.2) is 46.4 Å². The molecule has 1 fully saturated rings. The fourth-order valence-electron chi connectivity index (χ4n) is 3.83. The molecule has 0 spiro atoms. The van der Waals surface area contributed by atoms with E-state index in [-0.39, 0.29) is 17.4 Å². The second kappa shape index (κ2) is 8.67. The average molecular weight is 371 g/mol. The van der Waals surface area contributed by atoms with Gasteiger partial charge in [0.1, 0.15) is 5.75 Å². The Morgan fingerprint density at radius 2 is 2.07 bits per heavy atom. The van der Waals surface area contributed by atoms with Gasteiger partial charge in [-0.2, -0.15) is 0 Å². The zero-order valence-electron chi connectivity index (χ0n) is 16.4. The Kier molecular flexibility index (Phi) is 6.29. The molecule has 6 nitrogen and oxygen atoms in total. The molecule has 0 radical (unpaired) electrons. The van der Waals surface area contributed by atoms with Crippen molar-refractivity contribution in [2.45, 2.75) is 39.3 Å². The molecule has 6 heteroatoms. The predicted octanol–water partition coefficient (Wildman–Crippen LogP) is 2.73. The molecule has 1 saturated heterocycles. The maximum Gasteiger partial charge on any atom is 0.259 e. The molecule has 1 N–H and O–H groups in total. The molecule has 3 heterocycles. The molecule has 0 aliphatic carbocycles. The molecular formula is C21H29N3O3. The van der Waals surface area contributed by atoms with Gasteiger partial charge in [-0.15, -0.1) is 0 Å². The molecule has 0 aromatic carbocycles. The van der Waals surface area contributed by atoms with Gasteiger partial charge in [-0.1, -0.05) is 13.0 Å². The fourth-order valence-corrected chi connectivity index (χ4v) is 3.83. The first kappa shape index (κ1) is 19.6. The van der Waals surface area contributed by atoms with Crippen LogP contribution in [0.5, 0.6) is 5.75 Å². The topological polar surface area (TPSA) is 67.6 Å². The molecule has 146 valence electrons. The van der Waals surface area contributed by atoms with Gasteiger partial charge in [-0.3, -0.25) is 14.7 Å². The molecule has 2 aromatic rings. The third-order valence-electron chi connectivity index (χ3n) is 5.47. The van der Waals surface area contributed by atoms with E-state index in [2.05, 4.69) is 16.8 Å². The van der Waals surface area contributed by atoms with Crippen LogP contribution in [-0.2, 0) is 11.3 Å². The van der Waals surface area contributed by atoms with Crippen LogP contribution in [0.1, 0.15) is 42.8 Å². The summed E-state index contributed by atoms with van der Waals surface area (Å²) < 4.78 is 6.84. The number of aromatic hydroxyl groups is 1. The summed E-state index contributed by atoms with van der Waals surface area (Å²) in [5, 5.41) is 10.7. The number of pyridine rings is 2. The van der Waals surface area contributed by atoms with Gasteiger partial charge in [0.2, 0.25) is 0 Å². The molecule has 0 saturated carbocycles. The molecule has 27 heavy (non-hydrogen) atoms. The summed E-state index contributed by atoms with van der Waals surface area (Å²) in [7, 11) is 1.62. The largest absolute Gasteiger partial charge is 0.507 e. The molecule has 3 rings (SSSR count). The van der Waals surface area contributed by atoms with Crippen molar-refractivity contribution in [2.75, 3.05) is 26.8 Å². The average Bonchev–Trinajstić information content (AvgIpc) is 2.66. The Labute approximate surface area is 160 Å². The van der Waals surface area contributed by atoms with Crippen LogP contribution in [0, 0.1) is 12.8 Å². The van der Waals surface area contributed by atoms with Crippen LogP contribution in [0.25, 0.3) is 0 Å². The van der Waals surface area contributed by atoms with Gasteiger partial charge in [0.15, 0.2) is 0 Å². The SMILES string of the molecule is COCCn1c(C)cc(O)c(C(c2ccccn2)N2CCC(C)CC2)c1=O. The maximum absolute atomic E-state index is 13.3. The molecule has 1 aliphatic rings. The normalized spacial score (nSPS) is 17.1. The van der Waals surface area contributed by atoms with Crippen molar-refractivity contribution in [3.63, 3.8) is 0 Å². The second-order valence-electron chi connectivity index (χ2n) is 7.41. The maximum atomic E-state index is 13.3. The van der Waals surface area contributed by atoms with Crippen LogP contribution in [0.15, 0.2) is 35.3 Å². The molecule has 1 unspecified atom stereocenters. The van der Waals surface area contributed by atoms with E-state index in [4.69, 9.17) is 4.74 Å². The van der Waals surface area contributed by atoms with Crippen molar-refractivity contribution in [1.29, 1.82) is 0 Å². The zero-order valence-corrected chi connectivity index (χ0v) is 16.4. The number of aryl methyl sites for hydroxylation is 1. The smallest absolute Gasteiger partial charge is 0.259 e. The van der Waals surface area contributed by atoms with Crippen molar-refractivity contribution < 1.29 is 9.84 Å². The lowest BCUT2D eigenvalue weighted by molar-refractivity contribution is 0.151. The molecule has 0 bridgehead atoms. The van der Waals surface area contributed by atoms with E-state index < -0.39 is 0 Å². The van der Waals surface area contributed by atoms with Crippen molar-refractivity contribution in [2.24, 2.45) is 5.92 Å². The van der Waals surface area contributed by atoms with Gasteiger partial charge in [-0.05, 0) is 57.0 Å². The number of hydrogen-bond donors (Lipinski definition) is 1. The Bertz CT molecular complexity index is 811. The summed E-state index contributed by atoms with van der Waals surface area (Å²) in [6.07, 6.45) is 3.89. The number of hydrogen-bond acceptors (Lipinski definition) is 5. The van der Waals surface area contributed by atoms with Gasteiger partial charge >= 0.3 is 0 Å². The summed E-state index contributed by atoms with van der Waals surface area (Å²) >= 11 is 0. The minimum Gasteiger partial charge on any atom is -0.507 e. The molecular weight excluding hydrogens is 342 g/mol. The second-order valence-corrected chi connectivity index (χ2v) is 7.41. The summed E-state index contributed by atoms with van der Waals surface area (Å²) in [4.78, 5) is 20.1. The molecule has 1 aliphatic heterocycles. The molecule has 0 amide bonds. The number of ether oxygens (including phenoxy) is 1. The number of methoxy groups -OCH3 is 1. The van der Waals surface area contributed by atoms with Crippen LogP contribution < -0.4 is 5.56 Å². The van der Waals surface area contributed by atoms with Gasteiger partial charge in [0, 0.05) is 25.5 Å². The lowest BCUT2D eigenvalue weighted by atomic mass is 9.94. The minimum atomic E-state index is -0.347. The number of aromatic nitrogens is 2. The summed E-state index contributed by atoms with van der Waals surface area (Å²) in [5.41, 5.74) is 1.76. The monoisotopic (exact) mass is 371 g/mol. The van der Waals surface area contributed by atoms with E-state index in [0.717, 1.165) is 37.3 Å². The fraction of sp³-hybridized carbons (Fsp3) is 0.524. The first-order chi connectivity index (χ1) is 13.0. The van der Waals surface area contributed by atoms with E-state index in [1.54, 1.807) is 23.9 Å². The van der Waals surface area contributed by atoms with Gasteiger partial charge < -0.3 is 14.4 Å². The third-order valence-corrected chi connectivity index (χ3v) is 5.47. The number of nitrogens with zero attached hydrogens (tertiary/aromatic N) is 3. The lowest BCUT2D eigenvalue weighted by Gasteiger charge is -2.36. The standard InChI is InChI=1S/C21H29N3O3/c1-15-7-10-23(11-8-15)20(17-6-4-5-9-22-17)19-18(25)14-16(2)24(21(19)26)12-13-27-3/h4-6,9,14-15,20,25H,7-8,10-13H2,1-3H3. The molecule has 2 aromatic heterocycles. The Balaban J connectivity index is 2.11. The zero-order chi connectivity index (χ0) is 19.4. The van der Waals surface area contributed by atoms with Crippen LogP contribution in [0.4, 0.5) is 0 Å². The minimum absolute atomic E-state index is 0.0421. The van der Waals surface area contributed by atoms with E-state index >= 15 is 0 Å². The predicted molar refractivity (Wildman–Crippen MR) is 105 cm³/mol. The first-order valence-electron chi connectivity index (χ1n) is 9.60. The van der Waals surface area contributed by atoms with E-state index in [0.29, 0.717) is 24.6 Å². The van der Waals surface area contributed by atoms with Crippen molar-refractivity contribution in [1.82, 2.24) is 14.5 Å². The van der Waals surface area contributed by atoms with E-state index in [1.165, 1.54) is 0 Å². The lowest BCUT2D eigenvalue weighted by Crippen LogP contribution is -2.40. The van der Waals surface area contributed by atoms with E-state index in [9.17, 15) is 9.90 Å². The number of likely N-dealkylation sites (tertiary alicyclic amines) is 1. The first-order valence-corrected chi connectivity index (χ1v) is 9.60. The van der Waals surface area contributed by atoms with E-state index in [1.807, 2.05) is 25.1 Å². The Morgan fingerprint density at radius 1 is 1.33 bits per heavy atom. The van der Waals surface area contributed by atoms with Gasteiger partial charge in [0.05, 0.1) is 23.9 Å². The van der Waals surface area contributed by atoms with Crippen molar-refractivity contribution in [3.05, 3.63) is 57.8 Å². The Morgan fingerprint density at radius 3 is 2.70 bits per heavy atom. The highest BCUT2D eigenvalue weighted by Crippen LogP contribution is 2.34. The Hall–Kier alpha value is -2.18. The highest BCUT2D eigenvalue weighted by atomic mass is 16.5. The van der Waals surface area contributed by atoms with Crippen LogP contribution >= 0.6 is 0 Å². The summed E-state index contributed by atoms with van der Waals surface area (Å²) in [5.74, 6) is 0.719. The third kappa shape index (κ3) is 4.22. The number of rotatable bonds is 6. The van der Waals surface area contributed by atoms with Crippen LogP contribution in [0.3, 0.4) is 0 Å². The van der Waals surface area contributed by atoms with Crippen molar-refractivity contribution >= 4 is 0 Å². The van der Waals surface area contributed by atoms with Crippen LogP contribution in [0.2, 0.25) is 0 Å². The number of piperidine rings is 1. The molecule has 1 atom stereocenters. The van der Waals surface area contributed by atoms with Gasteiger partial charge in [-0.25, -0.2) is 0 Å². The van der Waals surface area contributed by atoms with Gasteiger partial charge in [0.25, 0.3) is 5.56 Å². The summed E-state index contributed by atoms with van der Waals surface area (Å²) in [6.45, 7) is 6.76.